The SMILES string of the molecule is CC(=O)OC[C@@H](OC(C)=O)[C@H]1O[C@@H]2OC(C)(C)O[C@@H]2[C@H]1OC(=O)c1ccccc1. The Hall–Kier alpha value is -2.49. The van der Waals surface area contributed by atoms with Crippen molar-refractivity contribution >= 4 is 17.9 Å². The van der Waals surface area contributed by atoms with Crippen LogP contribution >= 0.6 is 0 Å². The van der Waals surface area contributed by atoms with E-state index >= 15 is 0 Å². The van der Waals surface area contributed by atoms with E-state index in [4.69, 9.17) is 28.4 Å². The number of carbonyl (C=O) groups is 3. The second kappa shape index (κ2) is 8.48. The summed E-state index contributed by atoms with van der Waals surface area (Å²) in [5.74, 6) is -2.68. The molecule has 1 aromatic rings. The van der Waals surface area contributed by atoms with E-state index in [1.807, 2.05) is 0 Å². The van der Waals surface area contributed by atoms with Crippen LogP contribution in [0.3, 0.4) is 0 Å². The minimum absolute atomic E-state index is 0.262. The number of hydrogen-bond acceptors (Lipinski definition) is 9. The standard InChI is InChI=1S/C20H24O9/c1-11(21)24-10-14(25-12(2)22)15-16(17-19(27-15)29-20(3,4)28-17)26-18(23)13-8-6-5-7-9-13/h5-9,14-17,19H,10H2,1-4H3/t14-,15-,16+,17-,19-/m1/s1. The van der Waals surface area contributed by atoms with E-state index in [0.717, 1.165) is 0 Å². The molecule has 0 bridgehead atoms. The summed E-state index contributed by atoms with van der Waals surface area (Å²) in [6.07, 6.45) is -4.48. The second-order valence-electron chi connectivity index (χ2n) is 7.26. The van der Waals surface area contributed by atoms with Crippen LogP contribution in [0, 0.1) is 0 Å². The maximum Gasteiger partial charge on any atom is 0.338 e. The third kappa shape index (κ3) is 5.11. The maximum atomic E-state index is 12.6. The number of ether oxygens (including phenoxy) is 6. The summed E-state index contributed by atoms with van der Waals surface area (Å²) in [6, 6.07) is 8.43. The highest BCUT2D eigenvalue weighted by atomic mass is 16.8. The largest absolute Gasteiger partial charge is 0.462 e. The summed E-state index contributed by atoms with van der Waals surface area (Å²) >= 11 is 0. The van der Waals surface area contributed by atoms with E-state index in [1.165, 1.54) is 13.8 Å². The zero-order chi connectivity index (χ0) is 21.2. The second-order valence-corrected chi connectivity index (χ2v) is 7.26. The first-order valence-electron chi connectivity index (χ1n) is 9.24. The van der Waals surface area contributed by atoms with E-state index in [2.05, 4.69) is 0 Å². The smallest absolute Gasteiger partial charge is 0.338 e. The zero-order valence-corrected chi connectivity index (χ0v) is 16.7. The Morgan fingerprint density at radius 2 is 1.76 bits per heavy atom. The molecule has 2 aliphatic heterocycles. The van der Waals surface area contributed by atoms with Gasteiger partial charge in [0.05, 0.1) is 5.56 Å². The Morgan fingerprint density at radius 3 is 2.38 bits per heavy atom. The first-order valence-corrected chi connectivity index (χ1v) is 9.24. The van der Waals surface area contributed by atoms with Gasteiger partial charge < -0.3 is 28.4 Å². The quantitative estimate of drug-likeness (QED) is 0.512. The van der Waals surface area contributed by atoms with Crippen LogP contribution in [0.15, 0.2) is 30.3 Å². The number of rotatable bonds is 6. The van der Waals surface area contributed by atoms with Gasteiger partial charge in [0.1, 0.15) is 12.7 Å². The van der Waals surface area contributed by atoms with E-state index in [1.54, 1.807) is 44.2 Å². The minimum Gasteiger partial charge on any atom is -0.462 e. The molecule has 0 aromatic heterocycles. The van der Waals surface area contributed by atoms with Crippen molar-refractivity contribution in [2.24, 2.45) is 0 Å². The van der Waals surface area contributed by atoms with Gasteiger partial charge in [0.2, 0.25) is 0 Å². The molecule has 5 atom stereocenters. The molecule has 9 nitrogen and oxygen atoms in total. The monoisotopic (exact) mass is 408 g/mol. The molecule has 2 saturated heterocycles. The van der Waals surface area contributed by atoms with Crippen molar-refractivity contribution in [1.29, 1.82) is 0 Å². The molecule has 2 aliphatic rings. The predicted octanol–water partition coefficient (Wildman–Crippen LogP) is 1.58. The van der Waals surface area contributed by atoms with Gasteiger partial charge in [0.15, 0.2) is 30.4 Å². The number of hydrogen-bond donors (Lipinski definition) is 0. The third-order valence-electron chi connectivity index (χ3n) is 4.41. The lowest BCUT2D eigenvalue weighted by molar-refractivity contribution is -0.231. The fourth-order valence-electron chi connectivity index (χ4n) is 3.31. The maximum absolute atomic E-state index is 12.6. The molecule has 0 unspecified atom stereocenters. The van der Waals surface area contributed by atoms with Crippen LogP contribution in [0.25, 0.3) is 0 Å². The summed E-state index contributed by atoms with van der Waals surface area (Å²) in [5.41, 5.74) is 0.344. The van der Waals surface area contributed by atoms with Crippen LogP contribution in [0.5, 0.6) is 0 Å². The highest BCUT2D eigenvalue weighted by Gasteiger charge is 2.59. The van der Waals surface area contributed by atoms with Crippen LogP contribution in [-0.2, 0) is 38.0 Å². The van der Waals surface area contributed by atoms with Crippen molar-refractivity contribution in [2.45, 2.75) is 64.2 Å². The zero-order valence-electron chi connectivity index (χ0n) is 16.7. The normalized spacial score (nSPS) is 28.3. The summed E-state index contributed by atoms with van der Waals surface area (Å²) in [4.78, 5) is 35.4. The van der Waals surface area contributed by atoms with Crippen molar-refractivity contribution in [1.82, 2.24) is 0 Å². The lowest BCUT2D eigenvalue weighted by Gasteiger charge is -2.30. The molecular weight excluding hydrogens is 384 g/mol. The highest BCUT2D eigenvalue weighted by Crippen LogP contribution is 2.40. The van der Waals surface area contributed by atoms with Gasteiger partial charge in [-0.25, -0.2) is 4.79 Å². The Labute approximate surface area is 168 Å². The molecule has 0 radical (unpaired) electrons. The van der Waals surface area contributed by atoms with Crippen molar-refractivity contribution in [3.63, 3.8) is 0 Å². The molecule has 2 fully saturated rings. The number of fused-ring (bicyclic) bond motifs is 1. The van der Waals surface area contributed by atoms with Gasteiger partial charge in [-0.15, -0.1) is 0 Å². The molecule has 0 aliphatic carbocycles. The molecule has 0 N–H and O–H groups in total. The van der Waals surface area contributed by atoms with Crippen LogP contribution in [0.1, 0.15) is 38.1 Å². The van der Waals surface area contributed by atoms with Gasteiger partial charge in [-0.2, -0.15) is 0 Å². The molecule has 29 heavy (non-hydrogen) atoms. The lowest BCUT2D eigenvalue weighted by Crippen LogP contribution is -2.47. The number of carbonyl (C=O) groups excluding carboxylic acids is 3. The summed E-state index contributed by atoms with van der Waals surface area (Å²) in [6.45, 7) is 5.61. The molecule has 0 amide bonds. The fraction of sp³-hybridized carbons (Fsp3) is 0.550. The van der Waals surface area contributed by atoms with E-state index in [9.17, 15) is 14.4 Å². The van der Waals surface area contributed by atoms with Crippen LogP contribution < -0.4 is 0 Å². The van der Waals surface area contributed by atoms with Crippen molar-refractivity contribution in [3.05, 3.63) is 35.9 Å². The third-order valence-corrected chi connectivity index (χ3v) is 4.41. The van der Waals surface area contributed by atoms with Gasteiger partial charge in [0, 0.05) is 13.8 Å². The minimum atomic E-state index is -1.01. The number of esters is 3. The van der Waals surface area contributed by atoms with Gasteiger partial charge in [0.25, 0.3) is 0 Å². The highest BCUT2D eigenvalue weighted by molar-refractivity contribution is 5.89. The Balaban J connectivity index is 1.84. The molecule has 3 rings (SSSR count). The van der Waals surface area contributed by atoms with E-state index in [0.29, 0.717) is 5.56 Å². The van der Waals surface area contributed by atoms with Crippen molar-refractivity contribution < 1.29 is 42.8 Å². The molecule has 0 saturated carbocycles. The molecule has 158 valence electrons. The fourth-order valence-corrected chi connectivity index (χ4v) is 3.31. The summed E-state index contributed by atoms with van der Waals surface area (Å²) in [5, 5.41) is 0. The Morgan fingerprint density at radius 1 is 1.07 bits per heavy atom. The van der Waals surface area contributed by atoms with E-state index < -0.39 is 54.4 Å². The van der Waals surface area contributed by atoms with Crippen LogP contribution in [0.4, 0.5) is 0 Å². The van der Waals surface area contributed by atoms with Gasteiger partial charge in [-0.1, -0.05) is 18.2 Å². The number of benzene rings is 1. The average molecular weight is 408 g/mol. The average Bonchev–Trinajstić information content (AvgIpc) is 3.11. The molecule has 1 aromatic carbocycles. The van der Waals surface area contributed by atoms with Gasteiger partial charge in [-0.05, 0) is 26.0 Å². The molecular formula is C20H24O9. The van der Waals surface area contributed by atoms with Crippen LogP contribution in [-0.4, -0.2) is 61.0 Å². The molecule has 2 heterocycles. The first-order chi connectivity index (χ1) is 13.7. The van der Waals surface area contributed by atoms with Crippen LogP contribution in [0.2, 0.25) is 0 Å². The lowest BCUT2D eigenvalue weighted by atomic mass is 10.1. The van der Waals surface area contributed by atoms with Gasteiger partial charge >= 0.3 is 17.9 Å². The summed E-state index contributed by atoms with van der Waals surface area (Å²) < 4.78 is 33.4. The molecule has 9 heteroatoms. The first kappa shape index (κ1) is 21.2. The Bertz CT molecular complexity index is 760. The van der Waals surface area contributed by atoms with Crippen molar-refractivity contribution in [3.8, 4) is 0 Å². The Kier molecular flexibility index (Phi) is 6.21. The van der Waals surface area contributed by atoms with E-state index in [-0.39, 0.29) is 6.61 Å². The predicted molar refractivity (Wildman–Crippen MR) is 96.5 cm³/mol. The topological polar surface area (TPSA) is 107 Å². The van der Waals surface area contributed by atoms with Crippen molar-refractivity contribution in [2.75, 3.05) is 6.61 Å². The summed E-state index contributed by atoms with van der Waals surface area (Å²) in [7, 11) is 0. The molecule has 0 spiro atoms. The van der Waals surface area contributed by atoms with Gasteiger partial charge in [-0.3, -0.25) is 9.59 Å².